The Morgan fingerprint density at radius 2 is 2.08 bits per heavy atom. The van der Waals surface area contributed by atoms with Gasteiger partial charge in [-0.1, -0.05) is 0 Å². The molecule has 0 N–H and O–H groups in total. The minimum absolute atomic E-state index is 0.0226. The van der Waals surface area contributed by atoms with Gasteiger partial charge < -0.3 is 19.1 Å². The maximum absolute atomic E-state index is 12.6. The minimum Gasteiger partial charge on any atom is -0.472 e. The fraction of sp³-hybridized carbons (Fsp3) is 0.500. The summed E-state index contributed by atoms with van der Waals surface area (Å²) in [6.07, 6.45) is 6.66. The van der Waals surface area contributed by atoms with E-state index < -0.39 is 0 Å². The summed E-state index contributed by atoms with van der Waals surface area (Å²) in [6, 6.07) is 5.65. The van der Waals surface area contributed by atoms with Gasteiger partial charge >= 0.3 is 0 Å². The number of rotatable bonds is 4. The topological polar surface area (TPSA) is 63.5 Å². The van der Waals surface area contributed by atoms with Gasteiger partial charge in [-0.3, -0.25) is 4.79 Å². The van der Waals surface area contributed by atoms with Crippen molar-refractivity contribution in [2.45, 2.75) is 25.4 Å². The van der Waals surface area contributed by atoms with Crippen LogP contribution in [0.5, 0.6) is 5.88 Å². The molecule has 132 valence electrons. The van der Waals surface area contributed by atoms with E-state index in [9.17, 15) is 4.79 Å². The van der Waals surface area contributed by atoms with Crippen LogP contribution >= 0.6 is 0 Å². The number of carbonyl (C=O) groups is 1. The standard InChI is InChI=1S/C18H23N5O2/c1-21-7-4-5-15(21)18(24)23-10-6-14(12-23)25-17-11-16(19-13-20-17)22-8-2-3-9-22/h4-5,7,11,13-14H,2-3,6,8-10,12H2,1H3/t14-/m0/s1. The van der Waals surface area contributed by atoms with Crippen LogP contribution in [0.4, 0.5) is 5.82 Å². The molecule has 0 aliphatic carbocycles. The van der Waals surface area contributed by atoms with Crippen LogP contribution < -0.4 is 9.64 Å². The molecule has 4 heterocycles. The summed E-state index contributed by atoms with van der Waals surface area (Å²) in [5.41, 5.74) is 0.707. The molecule has 4 rings (SSSR count). The third-order valence-electron chi connectivity index (χ3n) is 4.94. The van der Waals surface area contributed by atoms with Crippen molar-refractivity contribution in [2.75, 3.05) is 31.1 Å². The summed E-state index contributed by atoms with van der Waals surface area (Å²) < 4.78 is 7.88. The first-order valence-electron chi connectivity index (χ1n) is 8.85. The Morgan fingerprint density at radius 3 is 2.84 bits per heavy atom. The van der Waals surface area contributed by atoms with Gasteiger partial charge in [0.15, 0.2) is 0 Å². The van der Waals surface area contributed by atoms with E-state index in [4.69, 9.17) is 4.74 Å². The highest BCUT2D eigenvalue weighted by Gasteiger charge is 2.29. The molecule has 1 amide bonds. The molecule has 25 heavy (non-hydrogen) atoms. The summed E-state index contributed by atoms with van der Waals surface area (Å²) >= 11 is 0. The smallest absolute Gasteiger partial charge is 0.270 e. The monoisotopic (exact) mass is 341 g/mol. The molecular weight excluding hydrogens is 318 g/mol. The zero-order valence-electron chi connectivity index (χ0n) is 14.5. The SMILES string of the molecule is Cn1cccc1C(=O)N1CC[C@H](Oc2cc(N3CCCC3)ncn2)C1. The van der Waals surface area contributed by atoms with E-state index in [1.165, 1.54) is 12.8 Å². The van der Waals surface area contributed by atoms with E-state index in [-0.39, 0.29) is 12.0 Å². The zero-order valence-corrected chi connectivity index (χ0v) is 14.5. The van der Waals surface area contributed by atoms with Crippen LogP contribution in [-0.2, 0) is 7.05 Å². The van der Waals surface area contributed by atoms with Gasteiger partial charge in [-0.05, 0) is 25.0 Å². The van der Waals surface area contributed by atoms with Crippen molar-refractivity contribution in [1.82, 2.24) is 19.4 Å². The Bertz CT molecular complexity index is 753. The highest BCUT2D eigenvalue weighted by molar-refractivity contribution is 5.93. The van der Waals surface area contributed by atoms with E-state index in [2.05, 4.69) is 14.9 Å². The van der Waals surface area contributed by atoms with Crippen molar-refractivity contribution in [3.8, 4) is 5.88 Å². The Labute approximate surface area is 147 Å². The van der Waals surface area contributed by atoms with Crippen molar-refractivity contribution in [2.24, 2.45) is 7.05 Å². The fourth-order valence-corrected chi connectivity index (χ4v) is 3.54. The number of carbonyl (C=O) groups excluding carboxylic acids is 1. The number of nitrogens with zero attached hydrogens (tertiary/aromatic N) is 5. The average molecular weight is 341 g/mol. The molecule has 2 aliphatic rings. The molecule has 0 aromatic carbocycles. The van der Waals surface area contributed by atoms with Gasteiger partial charge in [-0.2, -0.15) is 0 Å². The van der Waals surface area contributed by atoms with E-state index in [0.717, 1.165) is 25.3 Å². The van der Waals surface area contributed by atoms with Crippen LogP contribution in [0.2, 0.25) is 0 Å². The van der Waals surface area contributed by atoms with Gasteiger partial charge in [-0.15, -0.1) is 0 Å². The van der Waals surface area contributed by atoms with Crippen molar-refractivity contribution in [3.63, 3.8) is 0 Å². The highest BCUT2D eigenvalue weighted by Crippen LogP contribution is 2.23. The number of hydrogen-bond donors (Lipinski definition) is 0. The van der Waals surface area contributed by atoms with Crippen molar-refractivity contribution < 1.29 is 9.53 Å². The summed E-state index contributed by atoms with van der Waals surface area (Å²) in [5, 5.41) is 0. The largest absolute Gasteiger partial charge is 0.472 e. The maximum atomic E-state index is 12.6. The quantitative estimate of drug-likeness (QED) is 0.847. The lowest BCUT2D eigenvalue weighted by Gasteiger charge is -2.19. The van der Waals surface area contributed by atoms with Gasteiger partial charge in [0, 0.05) is 45.4 Å². The first-order chi connectivity index (χ1) is 12.2. The number of anilines is 1. The first kappa shape index (κ1) is 15.9. The number of amides is 1. The van der Waals surface area contributed by atoms with E-state index >= 15 is 0 Å². The lowest BCUT2D eigenvalue weighted by Crippen LogP contribution is -2.32. The van der Waals surface area contributed by atoms with Gasteiger partial charge in [0.2, 0.25) is 5.88 Å². The van der Waals surface area contributed by atoms with Gasteiger partial charge in [0.1, 0.15) is 23.9 Å². The lowest BCUT2D eigenvalue weighted by molar-refractivity contribution is 0.0762. The van der Waals surface area contributed by atoms with Crippen molar-refractivity contribution in [1.29, 1.82) is 0 Å². The molecule has 2 aliphatic heterocycles. The third kappa shape index (κ3) is 3.31. The summed E-state index contributed by atoms with van der Waals surface area (Å²) in [6.45, 7) is 3.38. The second-order valence-electron chi connectivity index (χ2n) is 6.69. The number of aryl methyl sites for hydroxylation is 1. The normalized spacial score (nSPS) is 20.3. The van der Waals surface area contributed by atoms with Gasteiger partial charge in [-0.25, -0.2) is 9.97 Å². The van der Waals surface area contributed by atoms with Crippen LogP contribution in [0.25, 0.3) is 0 Å². The molecule has 7 nitrogen and oxygen atoms in total. The van der Waals surface area contributed by atoms with Crippen LogP contribution in [0.1, 0.15) is 29.8 Å². The van der Waals surface area contributed by atoms with Crippen LogP contribution in [-0.4, -0.2) is 57.6 Å². The summed E-state index contributed by atoms with van der Waals surface area (Å²) in [7, 11) is 1.89. The molecule has 2 saturated heterocycles. The molecular formula is C18H23N5O2. The second-order valence-corrected chi connectivity index (χ2v) is 6.69. The molecule has 7 heteroatoms. The zero-order chi connectivity index (χ0) is 17.2. The fourth-order valence-electron chi connectivity index (χ4n) is 3.54. The molecule has 2 aromatic rings. The Kier molecular flexibility index (Phi) is 4.29. The molecule has 0 unspecified atom stereocenters. The summed E-state index contributed by atoms with van der Waals surface area (Å²) in [5.74, 6) is 1.58. The number of likely N-dealkylation sites (tertiary alicyclic amines) is 1. The Morgan fingerprint density at radius 1 is 1.24 bits per heavy atom. The molecule has 0 saturated carbocycles. The van der Waals surface area contributed by atoms with E-state index in [1.54, 1.807) is 6.33 Å². The van der Waals surface area contributed by atoms with Crippen molar-refractivity contribution in [3.05, 3.63) is 36.4 Å². The number of hydrogen-bond acceptors (Lipinski definition) is 5. The molecule has 2 aromatic heterocycles. The maximum Gasteiger partial charge on any atom is 0.270 e. The van der Waals surface area contributed by atoms with E-state index in [1.807, 2.05) is 40.9 Å². The molecule has 1 atom stereocenters. The Balaban J connectivity index is 1.39. The lowest BCUT2D eigenvalue weighted by atomic mass is 10.3. The predicted molar refractivity (Wildman–Crippen MR) is 93.8 cm³/mol. The van der Waals surface area contributed by atoms with Crippen LogP contribution in [0, 0.1) is 0 Å². The first-order valence-corrected chi connectivity index (χ1v) is 8.85. The van der Waals surface area contributed by atoms with Crippen LogP contribution in [0.15, 0.2) is 30.7 Å². The molecule has 0 spiro atoms. The predicted octanol–water partition coefficient (Wildman–Crippen LogP) is 1.71. The highest BCUT2D eigenvalue weighted by atomic mass is 16.5. The van der Waals surface area contributed by atoms with Crippen molar-refractivity contribution >= 4 is 11.7 Å². The van der Waals surface area contributed by atoms with Gasteiger partial charge in [0.05, 0.1) is 6.54 Å². The molecule has 2 fully saturated rings. The van der Waals surface area contributed by atoms with Crippen LogP contribution in [0.3, 0.4) is 0 Å². The number of ether oxygens (including phenoxy) is 1. The van der Waals surface area contributed by atoms with Gasteiger partial charge in [0.25, 0.3) is 5.91 Å². The summed E-state index contributed by atoms with van der Waals surface area (Å²) in [4.78, 5) is 25.3. The minimum atomic E-state index is -0.0226. The number of aromatic nitrogens is 3. The van der Waals surface area contributed by atoms with E-state index in [0.29, 0.717) is 24.7 Å². The Hall–Kier alpha value is -2.57. The average Bonchev–Trinajstić information content (AvgIpc) is 3.36. The second kappa shape index (κ2) is 6.74. The molecule has 0 radical (unpaired) electrons. The third-order valence-corrected chi connectivity index (χ3v) is 4.94. The molecule has 0 bridgehead atoms.